The summed E-state index contributed by atoms with van der Waals surface area (Å²) in [6, 6.07) is 0. The van der Waals surface area contributed by atoms with Gasteiger partial charge >= 0.3 is 0 Å². The standard InChI is InChI=1S/C18H27N3O3/c1-13(2)16-19-11-14(12-20-16)17(22)21-8-6-18(7-9-21)15(23-3)5-4-10-24-18/h11-13,15H,4-10H2,1-3H3/t15-/m0/s1. The minimum Gasteiger partial charge on any atom is -0.378 e. The molecule has 1 amide bonds. The Kier molecular flexibility index (Phi) is 5.15. The van der Waals surface area contributed by atoms with Crippen LogP contribution in [0.3, 0.4) is 0 Å². The Bertz CT molecular complexity index is 565. The number of hydrogen-bond acceptors (Lipinski definition) is 5. The third-order valence-corrected chi connectivity index (χ3v) is 5.20. The van der Waals surface area contributed by atoms with E-state index in [-0.39, 0.29) is 23.5 Å². The fraction of sp³-hybridized carbons (Fsp3) is 0.722. The molecule has 2 saturated heterocycles. The third-order valence-electron chi connectivity index (χ3n) is 5.20. The number of aromatic nitrogens is 2. The third kappa shape index (κ3) is 3.30. The lowest BCUT2D eigenvalue weighted by atomic mass is 9.81. The molecule has 1 atom stereocenters. The number of piperidine rings is 1. The van der Waals surface area contributed by atoms with E-state index in [0.717, 1.165) is 38.1 Å². The molecule has 0 aliphatic carbocycles. The highest BCUT2D eigenvalue weighted by Crippen LogP contribution is 2.37. The van der Waals surface area contributed by atoms with Gasteiger partial charge in [0.2, 0.25) is 0 Å². The minimum atomic E-state index is -0.220. The molecule has 6 heteroatoms. The number of methoxy groups -OCH3 is 1. The molecule has 0 N–H and O–H groups in total. The highest BCUT2D eigenvalue weighted by Gasteiger charge is 2.45. The van der Waals surface area contributed by atoms with Crippen molar-refractivity contribution in [3.05, 3.63) is 23.8 Å². The zero-order valence-electron chi connectivity index (χ0n) is 14.8. The van der Waals surface area contributed by atoms with Crippen LogP contribution in [0.5, 0.6) is 0 Å². The molecule has 1 aromatic heterocycles. The van der Waals surface area contributed by atoms with Crippen molar-refractivity contribution < 1.29 is 14.3 Å². The summed E-state index contributed by atoms with van der Waals surface area (Å²) in [5.74, 6) is 1.03. The topological polar surface area (TPSA) is 64.6 Å². The molecule has 2 fully saturated rings. The average molecular weight is 333 g/mol. The average Bonchev–Trinajstić information content (AvgIpc) is 2.62. The second-order valence-electron chi connectivity index (χ2n) is 7.06. The van der Waals surface area contributed by atoms with Crippen molar-refractivity contribution >= 4 is 5.91 Å². The van der Waals surface area contributed by atoms with Crippen molar-refractivity contribution in [3.8, 4) is 0 Å². The van der Waals surface area contributed by atoms with Gasteiger partial charge in [-0.15, -0.1) is 0 Å². The van der Waals surface area contributed by atoms with Crippen LogP contribution < -0.4 is 0 Å². The SMILES string of the molecule is CO[C@H]1CCCOC12CCN(C(=O)c1cnc(C(C)C)nc1)CC2. The molecule has 1 spiro atoms. The summed E-state index contributed by atoms with van der Waals surface area (Å²) < 4.78 is 11.8. The van der Waals surface area contributed by atoms with Crippen molar-refractivity contribution in [1.29, 1.82) is 0 Å². The molecule has 24 heavy (non-hydrogen) atoms. The zero-order valence-corrected chi connectivity index (χ0v) is 14.8. The van der Waals surface area contributed by atoms with Crippen molar-refractivity contribution in [2.75, 3.05) is 26.8 Å². The summed E-state index contributed by atoms with van der Waals surface area (Å²) in [6.45, 7) is 6.24. The van der Waals surface area contributed by atoms with Crippen LogP contribution in [0.1, 0.15) is 61.6 Å². The van der Waals surface area contributed by atoms with Gasteiger partial charge in [0.1, 0.15) is 5.82 Å². The first-order valence-electron chi connectivity index (χ1n) is 8.84. The number of rotatable bonds is 3. The number of carbonyl (C=O) groups is 1. The van der Waals surface area contributed by atoms with Crippen LogP contribution in [-0.4, -0.2) is 59.3 Å². The van der Waals surface area contributed by atoms with Gasteiger partial charge in [0, 0.05) is 45.1 Å². The summed E-state index contributed by atoms with van der Waals surface area (Å²) in [5.41, 5.74) is 0.338. The summed E-state index contributed by atoms with van der Waals surface area (Å²) in [6.07, 6.45) is 7.15. The Labute approximate surface area is 143 Å². The van der Waals surface area contributed by atoms with E-state index in [1.54, 1.807) is 19.5 Å². The smallest absolute Gasteiger partial charge is 0.256 e. The van der Waals surface area contributed by atoms with E-state index >= 15 is 0 Å². The fourth-order valence-electron chi connectivity index (χ4n) is 3.72. The predicted octanol–water partition coefficient (Wildman–Crippen LogP) is 2.40. The van der Waals surface area contributed by atoms with Crippen molar-refractivity contribution in [2.24, 2.45) is 0 Å². The summed E-state index contributed by atoms with van der Waals surface area (Å²) in [5, 5.41) is 0. The van der Waals surface area contributed by atoms with Crippen molar-refractivity contribution in [1.82, 2.24) is 14.9 Å². The first-order valence-corrected chi connectivity index (χ1v) is 8.84. The lowest BCUT2D eigenvalue weighted by Gasteiger charge is -2.48. The Morgan fingerprint density at radius 2 is 2.00 bits per heavy atom. The Balaban J connectivity index is 1.64. The summed E-state index contributed by atoms with van der Waals surface area (Å²) in [7, 11) is 1.76. The van der Waals surface area contributed by atoms with Gasteiger partial charge < -0.3 is 14.4 Å². The Hall–Kier alpha value is -1.53. The largest absolute Gasteiger partial charge is 0.378 e. The van der Waals surface area contributed by atoms with Gasteiger partial charge in [-0.1, -0.05) is 13.8 Å². The molecule has 3 heterocycles. The molecule has 6 nitrogen and oxygen atoms in total. The quantitative estimate of drug-likeness (QED) is 0.850. The Morgan fingerprint density at radius 1 is 1.33 bits per heavy atom. The van der Waals surface area contributed by atoms with Gasteiger partial charge in [-0.2, -0.15) is 0 Å². The van der Waals surface area contributed by atoms with Gasteiger partial charge in [-0.05, 0) is 25.7 Å². The van der Waals surface area contributed by atoms with Crippen LogP contribution in [0.4, 0.5) is 0 Å². The van der Waals surface area contributed by atoms with Gasteiger partial charge in [-0.3, -0.25) is 4.79 Å². The molecular weight excluding hydrogens is 306 g/mol. The lowest BCUT2D eigenvalue weighted by Crippen LogP contribution is -2.56. The van der Waals surface area contributed by atoms with Crippen LogP contribution in [0.25, 0.3) is 0 Å². The maximum Gasteiger partial charge on any atom is 0.256 e. The van der Waals surface area contributed by atoms with E-state index in [1.807, 2.05) is 18.7 Å². The maximum absolute atomic E-state index is 12.7. The predicted molar refractivity (Wildman–Crippen MR) is 90.0 cm³/mol. The van der Waals surface area contributed by atoms with Gasteiger partial charge in [-0.25, -0.2) is 9.97 Å². The number of carbonyl (C=O) groups excluding carboxylic acids is 1. The molecule has 3 rings (SSSR count). The second-order valence-corrected chi connectivity index (χ2v) is 7.06. The normalized spacial score (nSPS) is 23.7. The van der Waals surface area contributed by atoms with Crippen molar-refractivity contribution in [3.63, 3.8) is 0 Å². The minimum absolute atomic E-state index is 0.00457. The first-order chi connectivity index (χ1) is 11.6. The van der Waals surface area contributed by atoms with Gasteiger partial charge in [0.25, 0.3) is 5.91 Å². The summed E-state index contributed by atoms with van der Waals surface area (Å²) >= 11 is 0. The summed E-state index contributed by atoms with van der Waals surface area (Å²) in [4.78, 5) is 23.2. The monoisotopic (exact) mass is 333 g/mol. The first kappa shape index (κ1) is 17.3. The van der Waals surface area contributed by atoms with Crippen LogP contribution in [0.15, 0.2) is 12.4 Å². The number of ether oxygens (including phenoxy) is 2. The molecular formula is C18H27N3O3. The molecule has 0 bridgehead atoms. The zero-order chi connectivity index (χ0) is 17.2. The van der Waals surface area contributed by atoms with E-state index in [2.05, 4.69) is 9.97 Å². The second kappa shape index (κ2) is 7.15. The lowest BCUT2D eigenvalue weighted by molar-refractivity contribution is -0.183. The van der Waals surface area contributed by atoms with E-state index in [4.69, 9.17) is 9.47 Å². The molecule has 0 unspecified atom stereocenters. The van der Waals surface area contributed by atoms with E-state index < -0.39 is 0 Å². The number of hydrogen-bond donors (Lipinski definition) is 0. The number of amides is 1. The Morgan fingerprint density at radius 3 is 2.58 bits per heavy atom. The maximum atomic E-state index is 12.7. The highest BCUT2D eigenvalue weighted by atomic mass is 16.5. The van der Waals surface area contributed by atoms with Crippen LogP contribution in [-0.2, 0) is 9.47 Å². The van der Waals surface area contributed by atoms with E-state index in [0.29, 0.717) is 18.7 Å². The molecule has 0 radical (unpaired) electrons. The van der Waals surface area contributed by atoms with E-state index in [1.165, 1.54) is 0 Å². The number of nitrogens with zero attached hydrogens (tertiary/aromatic N) is 3. The van der Waals surface area contributed by atoms with Gasteiger partial charge in [0.15, 0.2) is 0 Å². The fourth-order valence-corrected chi connectivity index (χ4v) is 3.72. The van der Waals surface area contributed by atoms with Crippen molar-refractivity contribution in [2.45, 2.75) is 57.2 Å². The van der Waals surface area contributed by atoms with Crippen LogP contribution in [0, 0.1) is 0 Å². The van der Waals surface area contributed by atoms with Crippen LogP contribution >= 0.6 is 0 Å². The molecule has 1 aromatic rings. The number of likely N-dealkylation sites (tertiary alicyclic amines) is 1. The van der Waals surface area contributed by atoms with E-state index in [9.17, 15) is 4.79 Å². The molecule has 2 aliphatic heterocycles. The molecule has 0 saturated carbocycles. The molecule has 2 aliphatic rings. The molecule has 132 valence electrons. The highest BCUT2D eigenvalue weighted by molar-refractivity contribution is 5.93. The molecule has 0 aromatic carbocycles. The van der Waals surface area contributed by atoms with Crippen LogP contribution in [0.2, 0.25) is 0 Å². The van der Waals surface area contributed by atoms with Gasteiger partial charge in [0.05, 0.1) is 17.3 Å².